The van der Waals surface area contributed by atoms with Gasteiger partial charge in [0.25, 0.3) is 0 Å². The quantitative estimate of drug-likeness (QED) is 0.400. The molecule has 1 saturated carbocycles. The Bertz CT molecular complexity index is 694. The Morgan fingerprint density at radius 2 is 1.79 bits per heavy atom. The Labute approximate surface area is 161 Å². The van der Waals surface area contributed by atoms with E-state index in [1.807, 2.05) is 30.3 Å². The van der Waals surface area contributed by atoms with Gasteiger partial charge in [-0.1, -0.05) is 30.3 Å². The summed E-state index contributed by atoms with van der Waals surface area (Å²) >= 11 is 0. The van der Waals surface area contributed by atoms with Crippen molar-refractivity contribution in [1.29, 1.82) is 0 Å². The summed E-state index contributed by atoms with van der Waals surface area (Å²) in [6.45, 7) is 0.306. The lowest BCUT2D eigenvalue weighted by molar-refractivity contribution is -0.168. The molecule has 1 aromatic carbocycles. The molecule has 0 bridgehead atoms. The summed E-state index contributed by atoms with van der Waals surface area (Å²) in [5.74, 6) is -4.18. The van der Waals surface area contributed by atoms with Gasteiger partial charge in [-0.3, -0.25) is 9.59 Å². The van der Waals surface area contributed by atoms with Gasteiger partial charge in [0, 0.05) is 0 Å². The van der Waals surface area contributed by atoms with Crippen LogP contribution in [-0.2, 0) is 25.7 Å². The SMILES string of the molecule is O=C(O)CC(O)(CC(=O)NC1CCCC(OCc2ccccc2)C1O)C(=O)O. The monoisotopic (exact) mass is 395 g/mol. The van der Waals surface area contributed by atoms with E-state index in [4.69, 9.17) is 14.9 Å². The lowest BCUT2D eigenvalue weighted by Crippen LogP contribution is -2.54. The summed E-state index contributed by atoms with van der Waals surface area (Å²) in [5, 5.41) is 40.7. The molecule has 28 heavy (non-hydrogen) atoms. The van der Waals surface area contributed by atoms with E-state index >= 15 is 0 Å². The van der Waals surface area contributed by atoms with E-state index in [0.717, 1.165) is 5.56 Å². The van der Waals surface area contributed by atoms with Gasteiger partial charge in [0.05, 0.1) is 31.6 Å². The molecule has 154 valence electrons. The predicted molar refractivity (Wildman–Crippen MR) is 96.3 cm³/mol. The number of ether oxygens (including phenoxy) is 1. The molecular formula is C19H25NO8. The van der Waals surface area contributed by atoms with Gasteiger partial charge in [-0.15, -0.1) is 0 Å². The molecule has 0 spiro atoms. The van der Waals surface area contributed by atoms with E-state index in [1.54, 1.807) is 0 Å². The third-order valence-electron chi connectivity index (χ3n) is 4.74. The molecule has 2 rings (SSSR count). The van der Waals surface area contributed by atoms with Crippen molar-refractivity contribution in [3.63, 3.8) is 0 Å². The van der Waals surface area contributed by atoms with Gasteiger partial charge in [0.2, 0.25) is 5.91 Å². The van der Waals surface area contributed by atoms with Crippen molar-refractivity contribution in [2.24, 2.45) is 0 Å². The Balaban J connectivity index is 1.92. The van der Waals surface area contributed by atoms with Gasteiger partial charge in [-0.2, -0.15) is 0 Å². The van der Waals surface area contributed by atoms with Crippen LogP contribution in [0.4, 0.5) is 0 Å². The van der Waals surface area contributed by atoms with Crippen LogP contribution in [-0.4, -0.2) is 62.1 Å². The van der Waals surface area contributed by atoms with Crippen molar-refractivity contribution in [2.75, 3.05) is 0 Å². The summed E-state index contributed by atoms with van der Waals surface area (Å²) in [6.07, 6.45) is -1.78. The minimum absolute atomic E-state index is 0.306. The molecule has 1 aliphatic rings. The number of aliphatic hydroxyl groups is 2. The van der Waals surface area contributed by atoms with Crippen molar-refractivity contribution >= 4 is 17.8 Å². The van der Waals surface area contributed by atoms with Crippen LogP contribution in [0, 0.1) is 0 Å². The zero-order chi connectivity index (χ0) is 20.7. The molecule has 1 amide bonds. The number of aliphatic carboxylic acids is 2. The first-order valence-electron chi connectivity index (χ1n) is 9.02. The third kappa shape index (κ3) is 6.01. The Hall–Kier alpha value is -2.49. The molecule has 4 unspecified atom stereocenters. The van der Waals surface area contributed by atoms with E-state index in [0.29, 0.717) is 25.9 Å². The molecule has 5 N–H and O–H groups in total. The van der Waals surface area contributed by atoms with Gasteiger partial charge in [-0.25, -0.2) is 4.79 Å². The van der Waals surface area contributed by atoms with Gasteiger partial charge in [0.1, 0.15) is 6.10 Å². The van der Waals surface area contributed by atoms with E-state index in [1.165, 1.54) is 0 Å². The first kappa shape index (κ1) is 21.8. The van der Waals surface area contributed by atoms with Gasteiger partial charge in [0.15, 0.2) is 5.60 Å². The van der Waals surface area contributed by atoms with Gasteiger partial charge < -0.3 is 30.5 Å². The molecule has 1 fully saturated rings. The summed E-state index contributed by atoms with van der Waals surface area (Å²) in [4.78, 5) is 34.1. The molecule has 4 atom stereocenters. The minimum Gasteiger partial charge on any atom is -0.481 e. The smallest absolute Gasteiger partial charge is 0.336 e. The maximum absolute atomic E-state index is 12.2. The summed E-state index contributed by atoms with van der Waals surface area (Å²) in [5.41, 5.74) is -1.76. The van der Waals surface area contributed by atoms with E-state index < -0.39 is 54.5 Å². The number of carbonyl (C=O) groups excluding carboxylic acids is 1. The fraction of sp³-hybridized carbons (Fsp3) is 0.526. The number of hydrogen-bond acceptors (Lipinski definition) is 6. The standard InChI is InChI=1S/C19H25NO8/c21-15(9-19(27,18(25)26)10-16(22)23)20-13-7-4-8-14(17(13)24)28-11-12-5-2-1-3-6-12/h1-3,5-6,13-14,17,24,27H,4,7-11H2,(H,20,21)(H,22,23)(H,25,26). The maximum Gasteiger partial charge on any atom is 0.336 e. The molecule has 0 aromatic heterocycles. The van der Waals surface area contributed by atoms with Crippen LogP contribution in [0.2, 0.25) is 0 Å². The van der Waals surface area contributed by atoms with Crippen LogP contribution < -0.4 is 5.32 Å². The summed E-state index contributed by atoms with van der Waals surface area (Å²) in [6, 6.07) is 8.74. The molecular weight excluding hydrogens is 370 g/mol. The number of hydrogen-bond donors (Lipinski definition) is 5. The lowest BCUT2D eigenvalue weighted by Gasteiger charge is -2.35. The fourth-order valence-corrected chi connectivity index (χ4v) is 3.24. The average Bonchev–Trinajstić information content (AvgIpc) is 2.62. The second kappa shape index (κ2) is 9.63. The number of amides is 1. The van der Waals surface area contributed by atoms with Crippen LogP contribution in [0.1, 0.15) is 37.7 Å². The molecule has 0 saturated heterocycles. The molecule has 1 aliphatic carbocycles. The van der Waals surface area contributed by atoms with Crippen LogP contribution in [0.3, 0.4) is 0 Å². The zero-order valence-electron chi connectivity index (χ0n) is 15.3. The first-order valence-corrected chi connectivity index (χ1v) is 9.02. The van der Waals surface area contributed by atoms with Crippen LogP contribution in [0.5, 0.6) is 0 Å². The Kier molecular flexibility index (Phi) is 7.50. The van der Waals surface area contributed by atoms with Crippen LogP contribution >= 0.6 is 0 Å². The minimum atomic E-state index is -2.71. The second-order valence-corrected chi connectivity index (χ2v) is 7.01. The maximum atomic E-state index is 12.2. The topological polar surface area (TPSA) is 153 Å². The molecule has 1 aromatic rings. The van der Waals surface area contributed by atoms with Gasteiger partial charge >= 0.3 is 11.9 Å². The molecule has 0 heterocycles. The van der Waals surface area contributed by atoms with E-state index in [9.17, 15) is 24.6 Å². The van der Waals surface area contributed by atoms with Gasteiger partial charge in [-0.05, 0) is 24.8 Å². The number of carbonyl (C=O) groups is 3. The predicted octanol–water partition coefficient (Wildman–Crippen LogP) is 0.282. The van der Waals surface area contributed by atoms with Crippen molar-refractivity contribution in [1.82, 2.24) is 5.32 Å². The van der Waals surface area contributed by atoms with Crippen molar-refractivity contribution in [2.45, 2.75) is 62.6 Å². The molecule has 9 nitrogen and oxygen atoms in total. The molecule has 9 heteroatoms. The first-order chi connectivity index (χ1) is 13.2. The average molecular weight is 395 g/mol. The van der Waals surface area contributed by atoms with E-state index in [2.05, 4.69) is 5.32 Å². The number of benzene rings is 1. The lowest BCUT2D eigenvalue weighted by atomic mass is 9.89. The number of nitrogens with one attached hydrogen (secondary N) is 1. The number of carboxylic acids is 2. The summed E-state index contributed by atoms with van der Waals surface area (Å²) < 4.78 is 5.76. The highest BCUT2D eigenvalue weighted by Crippen LogP contribution is 2.24. The number of carboxylic acid groups (broad SMARTS) is 2. The third-order valence-corrected chi connectivity index (χ3v) is 4.74. The highest BCUT2D eigenvalue weighted by molar-refractivity contribution is 5.90. The van der Waals surface area contributed by atoms with Crippen LogP contribution in [0.15, 0.2) is 30.3 Å². The fourth-order valence-electron chi connectivity index (χ4n) is 3.24. The van der Waals surface area contributed by atoms with Crippen molar-refractivity contribution in [3.05, 3.63) is 35.9 Å². The summed E-state index contributed by atoms with van der Waals surface area (Å²) in [7, 11) is 0. The van der Waals surface area contributed by atoms with Crippen molar-refractivity contribution in [3.8, 4) is 0 Å². The normalized spacial score (nSPS) is 24.1. The molecule has 0 radical (unpaired) electrons. The second-order valence-electron chi connectivity index (χ2n) is 7.01. The highest BCUT2D eigenvalue weighted by Gasteiger charge is 2.42. The molecule has 0 aliphatic heterocycles. The zero-order valence-corrected chi connectivity index (χ0v) is 15.3. The highest BCUT2D eigenvalue weighted by atomic mass is 16.5. The van der Waals surface area contributed by atoms with Crippen molar-refractivity contribution < 1.29 is 39.5 Å². The Morgan fingerprint density at radius 1 is 1.11 bits per heavy atom. The Morgan fingerprint density at radius 3 is 2.39 bits per heavy atom. The van der Waals surface area contributed by atoms with E-state index in [-0.39, 0.29) is 0 Å². The number of aliphatic hydroxyl groups excluding tert-OH is 1. The van der Waals surface area contributed by atoms with Crippen LogP contribution in [0.25, 0.3) is 0 Å². The largest absolute Gasteiger partial charge is 0.481 e. The number of rotatable bonds is 9.